The summed E-state index contributed by atoms with van der Waals surface area (Å²) in [6, 6.07) is 74.6. The zero-order chi connectivity index (χ0) is 47.4. The van der Waals surface area contributed by atoms with Gasteiger partial charge in [-0.2, -0.15) is 0 Å². The third kappa shape index (κ3) is 5.89. The summed E-state index contributed by atoms with van der Waals surface area (Å²) in [4.78, 5) is 20.3. The summed E-state index contributed by atoms with van der Waals surface area (Å²) in [5.74, 6) is 1.48. The van der Waals surface area contributed by atoms with Gasteiger partial charge < -0.3 is 18.0 Å². The molecule has 334 valence electrons. The van der Waals surface area contributed by atoms with Crippen LogP contribution in [0.2, 0.25) is 0 Å². The normalized spacial score (nSPS) is 11.9. The lowest BCUT2D eigenvalue weighted by molar-refractivity contribution is 0.669. The van der Waals surface area contributed by atoms with Gasteiger partial charge in [0.15, 0.2) is 17.5 Å². The molecule has 0 amide bonds. The Morgan fingerprint density at radius 2 is 0.750 bits per heavy atom. The monoisotopic (exact) mass is 920 g/mol. The van der Waals surface area contributed by atoms with Crippen LogP contribution in [0, 0.1) is 6.57 Å². The number of furan rings is 2. The van der Waals surface area contributed by atoms with Crippen molar-refractivity contribution in [2.45, 2.75) is 0 Å². The zero-order valence-corrected chi connectivity index (χ0v) is 38.3. The van der Waals surface area contributed by atoms with Crippen molar-refractivity contribution in [3.63, 3.8) is 0 Å². The van der Waals surface area contributed by atoms with Gasteiger partial charge in [-0.15, -0.1) is 0 Å². The lowest BCUT2D eigenvalue weighted by atomic mass is 9.94. The quantitative estimate of drug-likeness (QED) is 0.155. The van der Waals surface area contributed by atoms with Gasteiger partial charge in [0.1, 0.15) is 22.3 Å². The first-order valence-corrected chi connectivity index (χ1v) is 23.9. The number of hydrogen-bond acceptors (Lipinski definition) is 5. The number of rotatable bonds is 6. The van der Waals surface area contributed by atoms with Crippen LogP contribution in [-0.2, 0) is 0 Å². The largest absolute Gasteiger partial charge is 0.456 e. The smallest absolute Gasteiger partial charge is 0.213 e. The molecule has 0 aliphatic carbocycles. The molecular formula is C64H36N6O2. The van der Waals surface area contributed by atoms with Gasteiger partial charge in [0.2, 0.25) is 5.69 Å². The van der Waals surface area contributed by atoms with Crippen molar-refractivity contribution in [2.75, 3.05) is 0 Å². The molecule has 8 nitrogen and oxygen atoms in total. The van der Waals surface area contributed by atoms with Gasteiger partial charge in [0, 0.05) is 77.5 Å². The molecule has 0 unspecified atom stereocenters. The minimum Gasteiger partial charge on any atom is -0.456 e. The van der Waals surface area contributed by atoms with Crippen LogP contribution in [0.3, 0.4) is 0 Å². The van der Waals surface area contributed by atoms with Crippen molar-refractivity contribution >= 4 is 93.2 Å². The number of para-hydroxylation sites is 4. The molecule has 8 heteroatoms. The average Bonchev–Trinajstić information content (AvgIpc) is 4.19. The maximum atomic E-state index is 9.33. The SMILES string of the molecule is [C-]#[N+]c1cc(-c2nc(-c3ccccc3)nc(-c3ccccc3)n2)c(-c2ccccc2)c(-n2c3ccccc3c3cc4c(cc32)oc2ccccc24)c1-n1c2ccccc2c2cc3c(cc21)oc1ccccc13. The standard InChI is InChI=1S/C64H36N6O2/c1-65-50-35-49(64-67-62(39-21-7-3-8-22-39)66-63(68-64)40-23-9-4-10-24-40)59(38-19-5-2-6-20-38)61(70-52-30-16-12-26-42(52)46-34-48-44-28-14-18-32-56(44)72-58(48)37-54(46)70)60(50)69-51-29-15-11-25-41(51)45-33-47-43-27-13-17-31-55(43)71-57(47)36-53(45)69/h2-37H. The highest BCUT2D eigenvalue weighted by Crippen LogP contribution is 2.51. The molecule has 10 aromatic carbocycles. The summed E-state index contributed by atoms with van der Waals surface area (Å²) in [5, 5.41) is 8.36. The van der Waals surface area contributed by atoms with Gasteiger partial charge in [0.05, 0.1) is 40.0 Å². The van der Waals surface area contributed by atoms with Crippen LogP contribution in [0.1, 0.15) is 0 Å². The highest BCUT2D eigenvalue weighted by molar-refractivity contribution is 6.20. The molecule has 72 heavy (non-hydrogen) atoms. The van der Waals surface area contributed by atoms with Gasteiger partial charge in [-0.05, 0) is 48.0 Å². The maximum Gasteiger partial charge on any atom is 0.213 e. The van der Waals surface area contributed by atoms with Crippen molar-refractivity contribution in [1.29, 1.82) is 0 Å². The van der Waals surface area contributed by atoms with Crippen molar-refractivity contribution in [3.05, 3.63) is 230 Å². The van der Waals surface area contributed by atoms with E-state index in [9.17, 15) is 6.57 Å². The number of benzene rings is 10. The van der Waals surface area contributed by atoms with Gasteiger partial charge in [-0.3, -0.25) is 0 Å². The molecule has 0 spiro atoms. The van der Waals surface area contributed by atoms with E-state index in [0.717, 1.165) is 115 Å². The number of nitrogens with zero attached hydrogens (tertiary/aromatic N) is 6. The number of fused-ring (bicyclic) bond motifs is 12. The fraction of sp³-hybridized carbons (Fsp3) is 0. The Labute approximate surface area is 410 Å². The summed E-state index contributed by atoms with van der Waals surface area (Å²) in [7, 11) is 0. The second kappa shape index (κ2) is 15.5. The average molecular weight is 921 g/mol. The third-order valence-electron chi connectivity index (χ3n) is 14.2. The maximum absolute atomic E-state index is 9.33. The second-order valence-corrected chi connectivity index (χ2v) is 18.2. The van der Waals surface area contributed by atoms with E-state index < -0.39 is 0 Å². The summed E-state index contributed by atoms with van der Waals surface area (Å²) < 4.78 is 17.9. The molecule has 0 radical (unpaired) electrons. The number of hydrogen-bond donors (Lipinski definition) is 0. The minimum atomic E-state index is 0.408. The van der Waals surface area contributed by atoms with Crippen molar-refractivity contribution in [3.8, 4) is 56.7 Å². The molecule has 0 atom stereocenters. The minimum absolute atomic E-state index is 0.408. The summed E-state index contributed by atoms with van der Waals surface area (Å²) in [6.07, 6.45) is 0. The van der Waals surface area contributed by atoms with Crippen molar-refractivity contribution in [1.82, 2.24) is 24.1 Å². The lowest BCUT2D eigenvalue weighted by Crippen LogP contribution is -2.09. The van der Waals surface area contributed by atoms with Crippen molar-refractivity contribution in [2.24, 2.45) is 0 Å². The van der Waals surface area contributed by atoms with Crippen LogP contribution in [0.4, 0.5) is 5.69 Å². The van der Waals surface area contributed by atoms with E-state index in [1.54, 1.807) is 0 Å². The van der Waals surface area contributed by atoms with Crippen LogP contribution in [-0.4, -0.2) is 24.1 Å². The fourth-order valence-corrected chi connectivity index (χ4v) is 11.0. The summed E-state index contributed by atoms with van der Waals surface area (Å²) in [6.45, 7) is 9.33. The number of aromatic nitrogens is 5. The molecule has 0 aliphatic rings. The van der Waals surface area contributed by atoms with E-state index in [1.807, 2.05) is 97.1 Å². The predicted octanol–water partition coefficient (Wildman–Crippen LogP) is 17.1. The van der Waals surface area contributed by atoms with Crippen LogP contribution >= 0.6 is 0 Å². The Morgan fingerprint density at radius 3 is 1.25 bits per heavy atom. The van der Waals surface area contributed by atoms with E-state index in [0.29, 0.717) is 34.4 Å². The van der Waals surface area contributed by atoms with Gasteiger partial charge in [-0.25, -0.2) is 19.8 Å². The molecule has 15 aromatic rings. The molecule has 0 aliphatic heterocycles. The Kier molecular flexibility index (Phi) is 8.55. The fourth-order valence-electron chi connectivity index (χ4n) is 11.0. The molecule has 5 heterocycles. The van der Waals surface area contributed by atoms with E-state index >= 15 is 0 Å². The van der Waals surface area contributed by atoms with E-state index in [4.69, 9.17) is 23.8 Å². The third-order valence-corrected chi connectivity index (χ3v) is 14.2. The van der Waals surface area contributed by atoms with E-state index in [2.05, 4.69) is 135 Å². The first-order chi connectivity index (χ1) is 35.7. The lowest BCUT2D eigenvalue weighted by Gasteiger charge is -2.25. The Morgan fingerprint density at radius 1 is 0.333 bits per heavy atom. The molecule has 0 N–H and O–H groups in total. The first kappa shape index (κ1) is 39.9. The van der Waals surface area contributed by atoms with Crippen LogP contribution < -0.4 is 0 Å². The highest BCUT2D eigenvalue weighted by Gasteiger charge is 2.30. The molecule has 0 saturated heterocycles. The van der Waals surface area contributed by atoms with Crippen LogP contribution in [0.5, 0.6) is 0 Å². The van der Waals surface area contributed by atoms with Crippen LogP contribution in [0.15, 0.2) is 227 Å². The molecule has 0 bridgehead atoms. The first-order valence-electron chi connectivity index (χ1n) is 23.9. The van der Waals surface area contributed by atoms with Crippen LogP contribution in [0.25, 0.3) is 149 Å². The molecule has 5 aromatic heterocycles. The van der Waals surface area contributed by atoms with Gasteiger partial charge in [0.25, 0.3) is 0 Å². The van der Waals surface area contributed by atoms with Crippen molar-refractivity contribution < 1.29 is 8.83 Å². The van der Waals surface area contributed by atoms with E-state index in [-0.39, 0.29) is 0 Å². The summed E-state index contributed by atoms with van der Waals surface area (Å²) >= 11 is 0. The molecule has 0 fully saturated rings. The highest BCUT2D eigenvalue weighted by atomic mass is 16.3. The Balaban J connectivity index is 1.17. The Hall–Kier alpha value is -10.1. The summed E-state index contributed by atoms with van der Waals surface area (Å²) in [5.41, 5.74) is 12.9. The molecule has 0 saturated carbocycles. The second-order valence-electron chi connectivity index (χ2n) is 18.2. The molecule has 15 rings (SSSR count). The predicted molar refractivity (Wildman–Crippen MR) is 291 cm³/mol. The topological polar surface area (TPSA) is 79.2 Å². The zero-order valence-electron chi connectivity index (χ0n) is 38.3. The van der Waals surface area contributed by atoms with E-state index in [1.165, 1.54) is 0 Å². The van der Waals surface area contributed by atoms with Gasteiger partial charge >= 0.3 is 0 Å². The Bertz CT molecular complexity index is 4690. The molecular weight excluding hydrogens is 885 g/mol. The van der Waals surface area contributed by atoms with Gasteiger partial charge in [-0.1, -0.05) is 164 Å².